The van der Waals surface area contributed by atoms with Crippen molar-refractivity contribution in [2.75, 3.05) is 16.8 Å². The number of hydrogen-bond acceptors (Lipinski definition) is 3. The van der Waals surface area contributed by atoms with E-state index >= 15 is 0 Å². The summed E-state index contributed by atoms with van der Waals surface area (Å²) in [5.41, 5.74) is 2.27. The average Bonchev–Trinajstić information content (AvgIpc) is 2.56. The molecule has 2 heterocycles. The van der Waals surface area contributed by atoms with E-state index in [1.54, 1.807) is 12.1 Å². The van der Waals surface area contributed by atoms with Crippen LogP contribution >= 0.6 is 0 Å². The molecule has 0 fully saturated rings. The second kappa shape index (κ2) is 7.86. The summed E-state index contributed by atoms with van der Waals surface area (Å²) in [6, 6.07) is 7.77. The number of carbonyl (C=O) groups excluding carboxylic acids is 1. The van der Waals surface area contributed by atoms with Crippen molar-refractivity contribution >= 4 is 17.4 Å². The Balaban J connectivity index is 1.84. The van der Waals surface area contributed by atoms with Gasteiger partial charge in [0, 0.05) is 25.6 Å². The molecule has 1 N–H and O–H groups in total. The summed E-state index contributed by atoms with van der Waals surface area (Å²) in [4.78, 5) is 18.7. The molecule has 0 radical (unpaired) electrons. The minimum atomic E-state index is -0.542. The van der Waals surface area contributed by atoms with Crippen LogP contribution in [0.3, 0.4) is 0 Å². The van der Waals surface area contributed by atoms with Crippen LogP contribution in [0.2, 0.25) is 0 Å². The quantitative estimate of drug-likeness (QED) is 0.809. The molecule has 0 bridgehead atoms. The van der Waals surface area contributed by atoms with Gasteiger partial charge < -0.3 is 10.2 Å². The highest BCUT2D eigenvalue weighted by Gasteiger charge is 2.26. The Morgan fingerprint density at radius 3 is 2.57 bits per heavy atom. The predicted octanol–water partition coefficient (Wildman–Crippen LogP) is 4.93. The van der Waals surface area contributed by atoms with Crippen molar-refractivity contribution in [1.29, 1.82) is 0 Å². The van der Waals surface area contributed by atoms with Crippen LogP contribution < -0.4 is 10.2 Å². The molecule has 3 rings (SSSR count). The van der Waals surface area contributed by atoms with E-state index in [2.05, 4.69) is 22.1 Å². The topological polar surface area (TPSA) is 45.2 Å². The first-order valence-corrected chi connectivity index (χ1v) is 9.59. The molecule has 0 aliphatic carbocycles. The van der Waals surface area contributed by atoms with Crippen molar-refractivity contribution in [1.82, 2.24) is 4.98 Å². The summed E-state index contributed by atoms with van der Waals surface area (Å²) in [5, 5.41) is 2.62. The standard InChI is InChI=1S/C22H27F2N3O/c1-14-9-18-19(27(12-14)13-15-5-7-16(23)8-6-15)10-17(24)21(25-18)26-20(28)11-22(2,3)4/h5-8,10,14H,9,11-13H2,1-4H3,(H,25,26,28)/t14-/m1/s1. The van der Waals surface area contributed by atoms with Gasteiger partial charge in [0.25, 0.3) is 0 Å². The lowest BCUT2D eigenvalue weighted by molar-refractivity contribution is -0.117. The van der Waals surface area contributed by atoms with Crippen molar-refractivity contribution in [2.45, 2.75) is 47.1 Å². The van der Waals surface area contributed by atoms with Crippen molar-refractivity contribution in [2.24, 2.45) is 11.3 Å². The molecule has 0 unspecified atom stereocenters. The summed E-state index contributed by atoms with van der Waals surface area (Å²) in [5.74, 6) is -0.738. The number of aromatic nitrogens is 1. The van der Waals surface area contributed by atoms with Crippen LogP contribution in [-0.4, -0.2) is 17.4 Å². The summed E-state index contributed by atoms with van der Waals surface area (Å²) >= 11 is 0. The monoisotopic (exact) mass is 387 g/mol. The SMILES string of the molecule is C[C@@H]1Cc2nc(NC(=O)CC(C)(C)C)c(F)cc2N(Cc2ccc(F)cc2)C1. The molecule has 2 aromatic rings. The number of fused-ring (bicyclic) bond motifs is 1. The van der Waals surface area contributed by atoms with Crippen LogP contribution in [0, 0.1) is 23.0 Å². The lowest BCUT2D eigenvalue weighted by Gasteiger charge is -2.34. The van der Waals surface area contributed by atoms with Crippen LogP contribution in [0.25, 0.3) is 0 Å². The largest absolute Gasteiger partial charge is 0.365 e. The number of nitrogens with one attached hydrogen (secondary N) is 1. The lowest BCUT2D eigenvalue weighted by Crippen LogP contribution is -2.35. The minimum Gasteiger partial charge on any atom is -0.365 e. The Bertz CT molecular complexity index is 859. The van der Waals surface area contributed by atoms with Gasteiger partial charge in [-0.1, -0.05) is 39.8 Å². The summed E-state index contributed by atoms with van der Waals surface area (Å²) in [6.07, 6.45) is 1.01. The lowest BCUT2D eigenvalue weighted by atomic mass is 9.92. The van der Waals surface area contributed by atoms with Gasteiger partial charge in [-0.2, -0.15) is 0 Å². The van der Waals surface area contributed by atoms with E-state index in [0.717, 1.165) is 29.9 Å². The number of amides is 1. The van der Waals surface area contributed by atoms with Gasteiger partial charge >= 0.3 is 0 Å². The van der Waals surface area contributed by atoms with E-state index in [0.29, 0.717) is 12.5 Å². The minimum absolute atomic E-state index is 0.0103. The third-order valence-electron chi connectivity index (χ3n) is 4.68. The van der Waals surface area contributed by atoms with Gasteiger partial charge in [0.05, 0.1) is 11.4 Å². The van der Waals surface area contributed by atoms with Crippen molar-refractivity contribution in [3.8, 4) is 0 Å². The van der Waals surface area contributed by atoms with E-state index in [-0.39, 0.29) is 29.4 Å². The van der Waals surface area contributed by atoms with Crippen LogP contribution in [0.1, 0.15) is 45.4 Å². The fourth-order valence-electron chi connectivity index (χ4n) is 3.52. The maximum atomic E-state index is 14.7. The maximum absolute atomic E-state index is 14.7. The fourth-order valence-corrected chi connectivity index (χ4v) is 3.52. The zero-order chi connectivity index (χ0) is 20.5. The summed E-state index contributed by atoms with van der Waals surface area (Å²) < 4.78 is 27.8. The molecule has 1 aromatic heterocycles. The van der Waals surface area contributed by atoms with Gasteiger partial charge in [-0.3, -0.25) is 4.79 Å². The number of hydrogen-bond donors (Lipinski definition) is 1. The Morgan fingerprint density at radius 1 is 1.25 bits per heavy atom. The average molecular weight is 387 g/mol. The first-order chi connectivity index (χ1) is 13.1. The number of anilines is 2. The van der Waals surface area contributed by atoms with Gasteiger partial charge in [0.2, 0.25) is 5.91 Å². The molecular weight excluding hydrogens is 360 g/mol. The predicted molar refractivity (Wildman–Crippen MR) is 107 cm³/mol. The Labute approximate surface area is 165 Å². The number of halogens is 2. The van der Waals surface area contributed by atoms with Crippen LogP contribution in [0.15, 0.2) is 30.3 Å². The highest BCUT2D eigenvalue weighted by atomic mass is 19.1. The molecule has 0 saturated carbocycles. The van der Waals surface area contributed by atoms with Crippen LogP contribution in [-0.2, 0) is 17.8 Å². The van der Waals surface area contributed by atoms with Gasteiger partial charge in [0.15, 0.2) is 11.6 Å². The molecule has 1 atom stereocenters. The first-order valence-electron chi connectivity index (χ1n) is 9.59. The molecule has 0 saturated heterocycles. The van der Waals surface area contributed by atoms with Crippen molar-refractivity contribution < 1.29 is 13.6 Å². The Morgan fingerprint density at radius 2 is 1.93 bits per heavy atom. The van der Waals surface area contributed by atoms with E-state index in [1.807, 2.05) is 20.8 Å². The number of carbonyl (C=O) groups is 1. The molecule has 4 nitrogen and oxygen atoms in total. The van der Waals surface area contributed by atoms with Gasteiger partial charge in [-0.15, -0.1) is 0 Å². The fraction of sp³-hybridized carbons (Fsp3) is 0.455. The number of benzene rings is 1. The van der Waals surface area contributed by atoms with Crippen LogP contribution in [0.4, 0.5) is 20.3 Å². The van der Waals surface area contributed by atoms with Crippen molar-refractivity contribution in [3.63, 3.8) is 0 Å². The molecule has 6 heteroatoms. The maximum Gasteiger partial charge on any atom is 0.226 e. The van der Waals surface area contributed by atoms with Crippen LogP contribution in [0.5, 0.6) is 0 Å². The molecule has 1 amide bonds. The highest BCUT2D eigenvalue weighted by Crippen LogP contribution is 2.32. The summed E-state index contributed by atoms with van der Waals surface area (Å²) in [7, 11) is 0. The third kappa shape index (κ3) is 5.06. The molecule has 1 aliphatic rings. The first kappa shape index (κ1) is 20.2. The van der Waals surface area contributed by atoms with Gasteiger partial charge in [-0.25, -0.2) is 13.8 Å². The zero-order valence-corrected chi connectivity index (χ0v) is 16.9. The van der Waals surface area contributed by atoms with Gasteiger partial charge in [-0.05, 0) is 35.4 Å². The third-order valence-corrected chi connectivity index (χ3v) is 4.68. The molecule has 150 valence electrons. The van der Waals surface area contributed by atoms with Gasteiger partial charge in [0.1, 0.15) is 5.82 Å². The molecule has 0 spiro atoms. The zero-order valence-electron chi connectivity index (χ0n) is 16.9. The molecule has 1 aromatic carbocycles. The second-order valence-corrected chi connectivity index (χ2v) is 8.89. The number of nitrogens with zero attached hydrogens (tertiary/aromatic N) is 2. The smallest absolute Gasteiger partial charge is 0.226 e. The van der Waals surface area contributed by atoms with E-state index in [4.69, 9.17) is 0 Å². The summed E-state index contributed by atoms with van der Waals surface area (Å²) in [6.45, 7) is 9.30. The van der Waals surface area contributed by atoms with E-state index in [1.165, 1.54) is 18.2 Å². The normalized spacial score (nSPS) is 16.6. The molecule has 1 aliphatic heterocycles. The highest BCUT2D eigenvalue weighted by molar-refractivity contribution is 5.90. The van der Waals surface area contributed by atoms with E-state index in [9.17, 15) is 13.6 Å². The van der Waals surface area contributed by atoms with Crippen molar-refractivity contribution in [3.05, 3.63) is 53.2 Å². The molecule has 28 heavy (non-hydrogen) atoms. The number of rotatable bonds is 4. The Hall–Kier alpha value is -2.50. The second-order valence-electron chi connectivity index (χ2n) is 8.89. The Kier molecular flexibility index (Phi) is 5.68. The van der Waals surface area contributed by atoms with E-state index < -0.39 is 5.82 Å². The molecular formula is C22H27F2N3O. The number of pyridine rings is 1.